The topological polar surface area (TPSA) is 68.2 Å². The summed E-state index contributed by atoms with van der Waals surface area (Å²) in [5.74, 6) is 0.857. The molecule has 1 aliphatic rings. The number of nitrogens with zero attached hydrogens (tertiary/aromatic N) is 1. The monoisotopic (exact) mass is 453 g/mol. The molecule has 1 fully saturated rings. The van der Waals surface area contributed by atoms with Crippen LogP contribution in [0.25, 0.3) is 0 Å². The van der Waals surface area contributed by atoms with Crippen LogP contribution in [0.5, 0.6) is 17.2 Å². The Morgan fingerprint density at radius 1 is 1.12 bits per heavy atom. The van der Waals surface area contributed by atoms with Crippen molar-refractivity contribution in [2.45, 2.75) is 31.5 Å². The number of carbonyl (C=O) groups is 1. The molecule has 3 aromatic rings. The minimum absolute atomic E-state index is 0.212. The van der Waals surface area contributed by atoms with Crippen molar-refractivity contribution in [3.8, 4) is 17.2 Å². The van der Waals surface area contributed by atoms with Gasteiger partial charge in [-0.2, -0.15) is 11.3 Å². The lowest BCUT2D eigenvalue weighted by Gasteiger charge is -2.32. The van der Waals surface area contributed by atoms with E-state index in [-0.39, 0.29) is 6.04 Å². The third kappa shape index (κ3) is 4.59. The number of ether oxygens (including phenoxy) is 3. The first kappa shape index (κ1) is 22.2. The molecular formula is C25H27NO5S. The second-order valence-corrected chi connectivity index (χ2v) is 8.50. The predicted octanol–water partition coefficient (Wildman–Crippen LogP) is 4.98. The first-order valence-corrected chi connectivity index (χ1v) is 11.5. The average Bonchev–Trinajstić information content (AvgIpc) is 3.51. The van der Waals surface area contributed by atoms with Crippen LogP contribution in [0.4, 0.5) is 0 Å². The van der Waals surface area contributed by atoms with Crippen molar-refractivity contribution >= 4 is 17.3 Å². The van der Waals surface area contributed by atoms with Crippen LogP contribution in [-0.2, 0) is 11.4 Å². The summed E-state index contributed by atoms with van der Waals surface area (Å²) in [5.41, 5.74) is 3.01. The first-order valence-electron chi connectivity index (χ1n) is 10.6. The molecule has 1 aromatic heterocycles. The first-order chi connectivity index (χ1) is 15.6. The van der Waals surface area contributed by atoms with E-state index < -0.39 is 12.0 Å². The van der Waals surface area contributed by atoms with E-state index in [1.165, 1.54) is 0 Å². The van der Waals surface area contributed by atoms with Gasteiger partial charge >= 0.3 is 5.97 Å². The van der Waals surface area contributed by atoms with Crippen molar-refractivity contribution in [2.75, 3.05) is 20.8 Å². The van der Waals surface area contributed by atoms with E-state index in [1.807, 2.05) is 53.9 Å². The maximum absolute atomic E-state index is 11.9. The minimum atomic E-state index is -0.788. The number of methoxy groups -OCH3 is 2. The molecule has 0 radical (unpaired) electrons. The Morgan fingerprint density at radius 2 is 1.84 bits per heavy atom. The molecule has 0 saturated carbocycles. The third-order valence-electron chi connectivity index (χ3n) is 5.79. The summed E-state index contributed by atoms with van der Waals surface area (Å²) in [4.78, 5) is 14.0. The van der Waals surface area contributed by atoms with Gasteiger partial charge in [0, 0.05) is 6.54 Å². The molecule has 7 heteroatoms. The molecule has 0 aliphatic carbocycles. The highest BCUT2D eigenvalue weighted by Crippen LogP contribution is 2.44. The lowest BCUT2D eigenvalue weighted by atomic mass is 9.97. The van der Waals surface area contributed by atoms with Gasteiger partial charge in [0.25, 0.3) is 0 Å². The van der Waals surface area contributed by atoms with Crippen LogP contribution in [-0.4, -0.2) is 42.8 Å². The maximum atomic E-state index is 11.9. The summed E-state index contributed by atoms with van der Waals surface area (Å²) < 4.78 is 17.5. The molecule has 168 valence electrons. The Bertz CT molecular complexity index is 1010. The standard InChI is InChI=1S/C25H27NO5S/c1-29-21-13-19(14-22(30-2)24(21)31-15-17-7-4-3-5-8-17)23(18-10-12-32-16-18)26-11-6-9-20(26)25(27)28/h3-5,7-8,10,12-14,16,20,23H,6,9,11,15H2,1-2H3,(H,27,28). The highest BCUT2D eigenvalue weighted by atomic mass is 32.1. The number of aliphatic carboxylic acids is 1. The summed E-state index contributed by atoms with van der Waals surface area (Å²) in [6, 6.07) is 15.1. The van der Waals surface area contributed by atoms with E-state index in [2.05, 4.69) is 10.3 Å². The lowest BCUT2D eigenvalue weighted by Crippen LogP contribution is -2.39. The molecule has 1 N–H and O–H groups in total. The second-order valence-electron chi connectivity index (χ2n) is 7.72. The van der Waals surface area contributed by atoms with Gasteiger partial charge in [0.15, 0.2) is 11.5 Å². The number of likely N-dealkylation sites (tertiary alicyclic amines) is 1. The zero-order valence-electron chi connectivity index (χ0n) is 18.2. The van der Waals surface area contributed by atoms with Gasteiger partial charge < -0.3 is 19.3 Å². The number of carboxylic acids is 1. The summed E-state index contributed by atoms with van der Waals surface area (Å²) >= 11 is 1.60. The zero-order chi connectivity index (χ0) is 22.5. The number of benzene rings is 2. The van der Waals surface area contributed by atoms with Crippen molar-refractivity contribution in [3.05, 3.63) is 76.0 Å². The Morgan fingerprint density at radius 3 is 2.44 bits per heavy atom. The number of hydrogen-bond acceptors (Lipinski definition) is 6. The number of hydrogen-bond donors (Lipinski definition) is 1. The van der Waals surface area contributed by atoms with Gasteiger partial charge in [0.05, 0.1) is 20.3 Å². The Kier molecular flexibility index (Phi) is 6.97. The van der Waals surface area contributed by atoms with Crippen molar-refractivity contribution in [1.82, 2.24) is 4.90 Å². The fourth-order valence-electron chi connectivity index (χ4n) is 4.30. The van der Waals surface area contributed by atoms with E-state index in [1.54, 1.807) is 25.6 Å². The molecule has 0 spiro atoms. The fourth-order valence-corrected chi connectivity index (χ4v) is 4.98. The Balaban J connectivity index is 1.73. The largest absolute Gasteiger partial charge is 0.493 e. The highest BCUT2D eigenvalue weighted by Gasteiger charge is 2.37. The Labute approximate surface area is 192 Å². The van der Waals surface area contributed by atoms with E-state index in [4.69, 9.17) is 14.2 Å². The molecule has 0 bridgehead atoms. The molecular weight excluding hydrogens is 426 g/mol. The van der Waals surface area contributed by atoms with E-state index in [0.717, 1.165) is 23.1 Å². The van der Waals surface area contributed by atoms with Gasteiger partial charge in [-0.15, -0.1) is 0 Å². The van der Waals surface area contributed by atoms with Gasteiger partial charge in [-0.3, -0.25) is 9.69 Å². The van der Waals surface area contributed by atoms with Gasteiger partial charge in [0.1, 0.15) is 12.6 Å². The van der Waals surface area contributed by atoms with Crippen LogP contribution in [0.15, 0.2) is 59.3 Å². The van der Waals surface area contributed by atoms with Gasteiger partial charge in [-0.05, 0) is 58.5 Å². The smallest absolute Gasteiger partial charge is 0.320 e. The number of thiophene rings is 1. The second kappa shape index (κ2) is 10.1. The summed E-state index contributed by atoms with van der Waals surface area (Å²) in [7, 11) is 3.20. The summed E-state index contributed by atoms with van der Waals surface area (Å²) in [6.07, 6.45) is 1.49. The maximum Gasteiger partial charge on any atom is 0.320 e. The molecule has 1 aliphatic heterocycles. The van der Waals surface area contributed by atoms with E-state index in [0.29, 0.717) is 36.8 Å². The quantitative estimate of drug-likeness (QED) is 0.493. The lowest BCUT2D eigenvalue weighted by molar-refractivity contribution is -0.142. The Hall–Kier alpha value is -3.03. The molecule has 1 saturated heterocycles. The molecule has 2 heterocycles. The van der Waals surface area contributed by atoms with Gasteiger partial charge in [0.2, 0.25) is 5.75 Å². The molecule has 6 nitrogen and oxygen atoms in total. The van der Waals surface area contributed by atoms with Gasteiger partial charge in [-0.25, -0.2) is 0 Å². The van der Waals surface area contributed by atoms with Crippen molar-refractivity contribution in [1.29, 1.82) is 0 Å². The molecule has 0 amide bonds. The highest BCUT2D eigenvalue weighted by molar-refractivity contribution is 7.08. The summed E-state index contributed by atoms with van der Waals surface area (Å²) in [6.45, 7) is 1.10. The number of rotatable bonds is 9. The number of carboxylic acid groups (broad SMARTS) is 1. The molecule has 4 rings (SSSR count). The average molecular weight is 454 g/mol. The predicted molar refractivity (Wildman–Crippen MR) is 124 cm³/mol. The minimum Gasteiger partial charge on any atom is -0.493 e. The summed E-state index contributed by atoms with van der Waals surface area (Å²) in [5, 5.41) is 13.9. The van der Waals surface area contributed by atoms with Crippen molar-refractivity contribution in [3.63, 3.8) is 0 Å². The fraction of sp³-hybridized carbons (Fsp3) is 0.320. The van der Waals surface area contributed by atoms with Gasteiger partial charge in [-0.1, -0.05) is 30.3 Å². The van der Waals surface area contributed by atoms with E-state index in [9.17, 15) is 9.90 Å². The normalized spacial score (nSPS) is 17.1. The van der Waals surface area contributed by atoms with Crippen LogP contribution < -0.4 is 14.2 Å². The SMILES string of the molecule is COc1cc(C(c2ccsc2)N2CCCC2C(=O)O)cc(OC)c1OCc1ccccc1. The third-order valence-corrected chi connectivity index (χ3v) is 6.50. The molecule has 2 unspecified atom stereocenters. The molecule has 2 atom stereocenters. The van der Waals surface area contributed by atoms with Crippen molar-refractivity contribution in [2.24, 2.45) is 0 Å². The van der Waals surface area contributed by atoms with Crippen molar-refractivity contribution < 1.29 is 24.1 Å². The van der Waals surface area contributed by atoms with E-state index >= 15 is 0 Å². The molecule has 32 heavy (non-hydrogen) atoms. The van der Waals surface area contributed by atoms with Crippen LogP contribution >= 0.6 is 11.3 Å². The van der Waals surface area contributed by atoms with Crippen LogP contribution in [0.3, 0.4) is 0 Å². The van der Waals surface area contributed by atoms with Crippen LogP contribution in [0, 0.1) is 0 Å². The zero-order valence-corrected chi connectivity index (χ0v) is 19.0. The van der Waals surface area contributed by atoms with Crippen LogP contribution in [0.2, 0.25) is 0 Å². The van der Waals surface area contributed by atoms with Crippen LogP contribution in [0.1, 0.15) is 35.6 Å². The molecule has 2 aromatic carbocycles.